The highest BCUT2D eigenvalue weighted by Crippen LogP contribution is 2.34. The molecular weight excluding hydrogens is 288 g/mol. The summed E-state index contributed by atoms with van der Waals surface area (Å²) in [5.74, 6) is -1.32. The predicted octanol–water partition coefficient (Wildman–Crippen LogP) is 3.16. The zero-order valence-corrected chi connectivity index (χ0v) is 10.1. The lowest BCUT2D eigenvalue weighted by Crippen LogP contribution is -2.27. The zero-order valence-electron chi connectivity index (χ0n) is 7.65. The van der Waals surface area contributed by atoms with Crippen LogP contribution in [0.25, 0.3) is 0 Å². The van der Waals surface area contributed by atoms with Crippen molar-refractivity contribution in [3.05, 3.63) is 16.5 Å². The normalized spacial score (nSPS) is 15.1. The van der Waals surface area contributed by atoms with E-state index in [9.17, 15) is 13.6 Å². The lowest BCUT2D eigenvalue weighted by atomic mass is 10.3. The van der Waals surface area contributed by atoms with E-state index >= 15 is 0 Å². The SMILES string of the molecule is O=C(Nc1cc2c(s1)CCC2)C(F)(F)Br. The van der Waals surface area contributed by atoms with Crippen molar-refractivity contribution in [2.75, 3.05) is 5.32 Å². The summed E-state index contributed by atoms with van der Waals surface area (Å²) in [7, 11) is 0. The molecule has 0 aromatic carbocycles. The summed E-state index contributed by atoms with van der Waals surface area (Å²) in [6, 6.07) is 1.78. The second-order valence-electron chi connectivity index (χ2n) is 3.36. The van der Waals surface area contributed by atoms with Crippen molar-refractivity contribution in [1.82, 2.24) is 0 Å². The second-order valence-corrected chi connectivity index (χ2v) is 5.50. The van der Waals surface area contributed by atoms with E-state index in [0.29, 0.717) is 5.00 Å². The minimum absolute atomic E-state index is 0.504. The summed E-state index contributed by atoms with van der Waals surface area (Å²) in [5, 5.41) is 2.70. The number of amides is 1. The van der Waals surface area contributed by atoms with Crippen LogP contribution >= 0.6 is 27.3 Å². The van der Waals surface area contributed by atoms with Gasteiger partial charge in [-0.3, -0.25) is 4.79 Å². The Kier molecular flexibility index (Phi) is 2.81. The molecular formula is C9H8BrF2NOS. The lowest BCUT2D eigenvalue weighted by molar-refractivity contribution is -0.128. The van der Waals surface area contributed by atoms with E-state index in [1.807, 2.05) is 15.9 Å². The van der Waals surface area contributed by atoms with Crippen molar-refractivity contribution >= 4 is 38.2 Å². The van der Waals surface area contributed by atoms with Crippen molar-refractivity contribution in [3.63, 3.8) is 0 Å². The molecule has 0 unspecified atom stereocenters. The van der Waals surface area contributed by atoms with Crippen LogP contribution in [0.1, 0.15) is 16.9 Å². The molecule has 0 saturated heterocycles. The summed E-state index contributed by atoms with van der Waals surface area (Å²) < 4.78 is 25.0. The number of carbonyl (C=O) groups is 1. The number of hydrogen-bond donors (Lipinski definition) is 1. The third-order valence-corrected chi connectivity index (χ3v) is 3.75. The third kappa shape index (κ3) is 2.36. The maximum absolute atomic E-state index is 12.5. The van der Waals surface area contributed by atoms with Gasteiger partial charge in [0, 0.05) is 20.8 Å². The van der Waals surface area contributed by atoms with Gasteiger partial charge in [-0.1, -0.05) is 0 Å². The van der Waals surface area contributed by atoms with Gasteiger partial charge in [-0.15, -0.1) is 11.3 Å². The van der Waals surface area contributed by atoms with Crippen molar-refractivity contribution < 1.29 is 13.6 Å². The first-order valence-electron chi connectivity index (χ1n) is 4.46. The highest BCUT2D eigenvalue weighted by Gasteiger charge is 2.35. The molecule has 0 bridgehead atoms. The summed E-state index contributed by atoms with van der Waals surface area (Å²) in [4.78, 5) is 8.66. The number of carbonyl (C=O) groups excluding carboxylic acids is 1. The molecule has 0 saturated carbocycles. The fourth-order valence-corrected chi connectivity index (χ4v) is 2.82. The fraction of sp³-hybridized carbons (Fsp3) is 0.444. The van der Waals surface area contributed by atoms with Crippen LogP contribution in [0.4, 0.5) is 13.8 Å². The van der Waals surface area contributed by atoms with Crippen LogP contribution in [0.3, 0.4) is 0 Å². The minimum atomic E-state index is -3.50. The number of aryl methyl sites for hydroxylation is 2. The Hall–Kier alpha value is -0.490. The number of rotatable bonds is 2. The molecule has 2 nitrogen and oxygen atoms in total. The molecule has 1 aromatic heterocycles. The Bertz CT molecular complexity index is 378. The van der Waals surface area contributed by atoms with Crippen molar-refractivity contribution in [2.24, 2.45) is 0 Å². The van der Waals surface area contributed by atoms with E-state index in [1.54, 1.807) is 6.07 Å². The third-order valence-electron chi connectivity index (χ3n) is 2.24. The molecule has 1 aromatic rings. The number of thiophene rings is 1. The van der Waals surface area contributed by atoms with Crippen LogP contribution in [-0.4, -0.2) is 10.7 Å². The molecule has 0 fully saturated rings. The Morgan fingerprint density at radius 3 is 2.87 bits per heavy atom. The maximum Gasteiger partial charge on any atom is 0.378 e. The first kappa shape index (κ1) is 11.0. The van der Waals surface area contributed by atoms with Gasteiger partial charge in [0.2, 0.25) is 0 Å². The van der Waals surface area contributed by atoms with Crippen LogP contribution in [0.15, 0.2) is 6.07 Å². The molecule has 82 valence electrons. The Labute approximate surface area is 97.8 Å². The molecule has 2 rings (SSSR count). The van der Waals surface area contributed by atoms with Crippen LogP contribution in [-0.2, 0) is 17.6 Å². The van der Waals surface area contributed by atoms with Crippen LogP contribution < -0.4 is 5.32 Å². The molecule has 1 heterocycles. The van der Waals surface area contributed by atoms with Gasteiger partial charge in [-0.25, -0.2) is 0 Å². The molecule has 0 aliphatic heterocycles. The van der Waals surface area contributed by atoms with Gasteiger partial charge < -0.3 is 5.32 Å². The van der Waals surface area contributed by atoms with Crippen LogP contribution in [0.2, 0.25) is 0 Å². The molecule has 0 atom stereocenters. The van der Waals surface area contributed by atoms with Gasteiger partial charge >= 0.3 is 10.7 Å². The Morgan fingerprint density at radius 2 is 2.27 bits per heavy atom. The number of halogens is 3. The quantitative estimate of drug-likeness (QED) is 0.835. The molecule has 15 heavy (non-hydrogen) atoms. The Balaban J connectivity index is 2.09. The molecule has 0 radical (unpaired) electrons. The molecule has 1 amide bonds. The van der Waals surface area contributed by atoms with E-state index in [-0.39, 0.29) is 0 Å². The molecule has 1 aliphatic rings. The van der Waals surface area contributed by atoms with Crippen molar-refractivity contribution in [1.29, 1.82) is 0 Å². The number of anilines is 1. The second kappa shape index (κ2) is 3.83. The molecule has 0 spiro atoms. The predicted molar refractivity (Wildman–Crippen MR) is 58.8 cm³/mol. The van der Waals surface area contributed by atoms with Crippen molar-refractivity contribution in [2.45, 2.75) is 24.1 Å². The van der Waals surface area contributed by atoms with E-state index < -0.39 is 10.7 Å². The first-order valence-corrected chi connectivity index (χ1v) is 6.07. The summed E-state index contributed by atoms with van der Waals surface area (Å²) in [5.41, 5.74) is 1.17. The van der Waals surface area contributed by atoms with E-state index in [0.717, 1.165) is 19.3 Å². The number of hydrogen-bond acceptors (Lipinski definition) is 2. The molecule has 1 N–H and O–H groups in total. The van der Waals surface area contributed by atoms with Gasteiger partial charge in [-0.2, -0.15) is 8.78 Å². The highest BCUT2D eigenvalue weighted by atomic mass is 79.9. The topological polar surface area (TPSA) is 29.1 Å². The smallest absolute Gasteiger partial charge is 0.312 e. The summed E-state index contributed by atoms with van der Waals surface area (Å²) in [6.45, 7) is 0. The van der Waals surface area contributed by atoms with Gasteiger partial charge in [0.15, 0.2) is 0 Å². The summed E-state index contributed by atoms with van der Waals surface area (Å²) >= 11 is 3.40. The summed E-state index contributed by atoms with van der Waals surface area (Å²) in [6.07, 6.45) is 3.08. The van der Waals surface area contributed by atoms with Gasteiger partial charge in [0.05, 0.1) is 5.00 Å². The average molecular weight is 296 g/mol. The van der Waals surface area contributed by atoms with Gasteiger partial charge in [0.25, 0.3) is 0 Å². The first-order chi connectivity index (χ1) is 6.97. The highest BCUT2D eigenvalue weighted by molar-refractivity contribution is 9.10. The van der Waals surface area contributed by atoms with E-state index in [4.69, 9.17) is 0 Å². The monoisotopic (exact) mass is 295 g/mol. The van der Waals surface area contributed by atoms with E-state index in [2.05, 4.69) is 5.32 Å². The minimum Gasteiger partial charge on any atom is -0.312 e. The number of nitrogens with one attached hydrogen (secondary N) is 1. The zero-order chi connectivity index (χ0) is 11.1. The Morgan fingerprint density at radius 1 is 1.53 bits per heavy atom. The largest absolute Gasteiger partial charge is 0.378 e. The van der Waals surface area contributed by atoms with Gasteiger partial charge in [-0.05, 0) is 30.9 Å². The standard InChI is InChI=1S/C9H8BrF2NOS/c10-9(11,12)8(14)13-7-4-5-2-1-3-6(5)15-7/h4H,1-3H2,(H,13,14). The van der Waals surface area contributed by atoms with E-state index in [1.165, 1.54) is 21.8 Å². The lowest BCUT2D eigenvalue weighted by Gasteiger charge is -2.07. The van der Waals surface area contributed by atoms with Crippen molar-refractivity contribution in [3.8, 4) is 0 Å². The molecule has 6 heteroatoms. The average Bonchev–Trinajstić information content (AvgIpc) is 2.61. The maximum atomic E-state index is 12.5. The van der Waals surface area contributed by atoms with Gasteiger partial charge in [0.1, 0.15) is 0 Å². The number of fused-ring (bicyclic) bond motifs is 1. The molecule has 1 aliphatic carbocycles. The van der Waals surface area contributed by atoms with Crippen LogP contribution in [0, 0.1) is 0 Å². The van der Waals surface area contributed by atoms with Crippen LogP contribution in [0.5, 0.6) is 0 Å². The number of alkyl halides is 3. The fourth-order valence-electron chi connectivity index (χ4n) is 1.57.